The maximum atomic E-state index is 13.2. The first kappa shape index (κ1) is 19.1. The first-order chi connectivity index (χ1) is 14.2. The molecular weight excluding hydrogens is 363 g/mol. The first-order valence-corrected chi connectivity index (χ1v) is 11.2. The van der Waals surface area contributed by atoms with E-state index in [-0.39, 0.29) is 5.82 Å². The Morgan fingerprint density at radius 1 is 0.828 bits per heavy atom. The van der Waals surface area contributed by atoms with Crippen molar-refractivity contribution in [2.45, 2.75) is 43.7 Å². The maximum Gasteiger partial charge on any atom is 0.123 e. The van der Waals surface area contributed by atoms with Gasteiger partial charge in [0.25, 0.3) is 0 Å². The summed E-state index contributed by atoms with van der Waals surface area (Å²) in [4.78, 5) is 4.98. The Balaban J connectivity index is 1.33. The number of nitrogens with zero attached hydrogens (tertiary/aromatic N) is 2. The Kier molecular flexibility index (Phi) is 5.09. The average Bonchev–Trinajstić information content (AvgIpc) is 2.75. The van der Waals surface area contributed by atoms with E-state index in [2.05, 4.69) is 34.1 Å². The van der Waals surface area contributed by atoms with Gasteiger partial charge in [0.05, 0.1) is 5.60 Å². The molecule has 1 aliphatic heterocycles. The fourth-order valence-electron chi connectivity index (χ4n) is 6.31. The number of hydrogen-bond acceptors (Lipinski definition) is 3. The van der Waals surface area contributed by atoms with Crippen LogP contribution < -0.4 is 4.90 Å². The molecule has 0 spiro atoms. The minimum Gasteiger partial charge on any atom is -0.385 e. The van der Waals surface area contributed by atoms with Gasteiger partial charge in [0.1, 0.15) is 5.82 Å². The molecule has 2 saturated carbocycles. The monoisotopic (exact) mass is 394 g/mol. The van der Waals surface area contributed by atoms with Crippen molar-refractivity contribution in [3.63, 3.8) is 0 Å². The van der Waals surface area contributed by atoms with Crippen LogP contribution in [0.1, 0.15) is 37.7 Å². The third-order valence-corrected chi connectivity index (χ3v) is 7.74. The molecule has 4 atom stereocenters. The summed E-state index contributed by atoms with van der Waals surface area (Å²) in [6, 6.07) is 17.7. The van der Waals surface area contributed by atoms with Crippen LogP contribution in [-0.4, -0.2) is 42.2 Å². The number of aliphatic hydroxyl groups is 1. The Bertz CT molecular complexity index is 818. The third kappa shape index (κ3) is 3.36. The van der Waals surface area contributed by atoms with Gasteiger partial charge in [0.2, 0.25) is 0 Å². The number of rotatable bonds is 3. The summed E-state index contributed by atoms with van der Waals surface area (Å²) < 4.78 is 13.2. The molecule has 2 aromatic rings. The van der Waals surface area contributed by atoms with Gasteiger partial charge >= 0.3 is 0 Å². The lowest BCUT2D eigenvalue weighted by Crippen LogP contribution is -2.61. The van der Waals surface area contributed by atoms with Gasteiger partial charge in [-0.05, 0) is 61.4 Å². The summed E-state index contributed by atoms with van der Waals surface area (Å²) in [7, 11) is 0. The van der Waals surface area contributed by atoms with Crippen LogP contribution >= 0.6 is 0 Å². The lowest BCUT2D eigenvalue weighted by Gasteiger charge is -2.56. The standard InChI is InChI=1S/C25H31FN2O/c26-21-10-12-22(13-11-21)27-15-17-28(18-16-27)24-14-9-20-7-4-8-23(24)25(20,29)19-5-2-1-3-6-19/h1-3,5-6,10-13,20,23-24,29H,4,7-9,14-18H2. The molecule has 0 aromatic heterocycles. The van der Waals surface area contributed by atoms with Crippen LogP contribution in [0.3, 0.4) is 0 Å². The number of fused-ring (bicyclic) bond motifs is 2. The molecule has 2 aromatic carbocycles. The summed E-state index contributed by atoms with van der Waals surface area (Å²) in [5.41, 5.74) is 1.54. The topological polar surface area (TPSA) is 26.7 Å². The zero-order chi connectivity index (χ0) is 19.8. The molecular formula is C25H31FN2O. The van der Waals surface area contributed by atoms with Gasteiger partial charge in [-0.3, -0.25) is 4.90 Å². The van der Waals surface area contributed by atoms with E-state index in [4.69, 9.17) is 0 Å². The molecule has 5 rings (SSSR count). The van der Waals surface area contributed by atoms with Crippen molar-refractivity contribution in [2.24, 2.45) is 11.8 Å². The average molecular weight is 395 g/mol. The molecule has 154 valence electrons. The third-order valence-electron chi connectivity index (χ3n) is 7.74. The largest absolute Gasteiger partial charge is 0.385 e. The van der Waals surface area contributed by atoms with Crippen LogP contribution in [0.15, 0.2) is 54.6 Å². The van der Waals surface area contributed by atoms with Gasteiger partial charge in [-0.15, -0.1) is 0 Å². The second kappa shape index (κ2) is 7.73. The fourth-order valence-corrected chi connectivity index (χ4v) is 6.31. The van der Waals surface area contributed by atoms with Crippen LogP contribution in [-0.2, 0) is 5.60 Å². The molecule has 2 bridgehead atoms. The van der Waals surface area contributed by atoms with E-state index in [0.717, 1.165) is 56.7 Å². The van der Waals surface area contributed by atoms with E-state index in [1.165, 1.54) is 12.8 Å². The molecule has 3 fully saturated rings. The van der Waals surface area contributed by atoms with Crippen molar-refractivity contribution in [3.8, 4) is 0 Å². The molecule has 0 amide bonds. The van der Waals surface area contributed by atoms with Crippen molar-refractivity contribution in [1.29, 1.82) is 0 Å². The lowest BCUT2D eigenvalue weighted by atomic mass is 9.57. The van der Waals surface area contributed by atoms with E-state index in [9.17, 15) is 9.50 Å². The highest BCUT2D eigenvalue weighted by Gasteiger charge is 2.54. The van der Waals surface area contributed by atoms with E-state index in [1.807, 2.05) is 18.2 Å². The molecule has 3 aliphatic rings. The zero-order valence-electron chi connectivity index (χ0n) is 17.0. The van der Waals surface area contributed by atoms with Gasteiger partial charge in [0.15, 0.2) is 0 Å². The Labute approximate surface area is 173 Å². The second-order valence-electron chi connectivity index (χ2n) is 9.07. The molecule has 2 aliphatic carbocycles. The smallest absolute Gasteiger partial charge is 0.123 e. The van der Waals surface area contributed by atoms with Crippen LogP contribution in [0.4, 0.5) is 10.1 Å². The number of piperazine rings is 1. The van der Waals surface area contributed by atoms with Crippen molar-refractivity contribution < 1.29 is 9.50 Å². The van der Waals surface area contributed by atoms with Gasteiger partial charge in [-0.2, -0.15) is 0 Å². The molecule has 4 heteroatoms. The summed E-state index contributed by atoms with van der Waals surface area (Å²) in [5, 5.41) is 12.0. The number of hydrogen-bond donors (Lipinski definition) is 1. The molecule has 29 heavy (non-hydrogen) atoms. The zero-order valence-corrected chi connectivity index (χ0v) is 17.0. The number of anilines is 1. The minimum absolute atomic E-state index is 0.179. The lowest BCUT2D eigenvalue weighted by molar-refractivity contribution is -0.156. The Hall–Kier alpha value is -1.91. The highest BCUT2D eigenvalue weighted by atomic mass is 19.1. The van der Waals surface area contributed by atoms with Crippen molar-refractivity contribution in [1.82, 2.24) is 4.90 Å². The van der Waals surface area contributed by atoms with Crippen LogP contribution in [0.2, 0.25) is 0 Å². The normalized spacial score (nSPS) is 32.9. The molecule has 1 heterocycles. The maximum absolute atomic E-state index is 13.2. The molecule has 1 saturated heterocycles. The SMILES string of the molecule is OC1(c2ccccc2)C2CCCC1C(N1CCN(c3ccc(F)cc3)CC1)CC2. The van der Waals surface area contributed by atoms with E-state index in [0.29, 0.717) is 17.9 Å². The second-order valence-corrected chi connectivity index (χ2v) is 9.07. The van der Waals surface area contributed by atoms with Gasteiger partial charge < -0.3 is 10.0 Å². The van der Waals surface area contributed by atoms with Crippen LogP contribution in [0.25, 0.3) is 0 Å². The minimum atomic E-state index is -0.684. The predicted molar refractivity (Wildman–Crippen MR) is 114 cm³/mol. The summed E-state index contributed by atoms with van der Waals surface area (Å²) in [6.07, 6.45) is 5.81. The summed E-state index contributed by atoms with van der Waals surface area (Å²) in [6.45, 7) is 3.94. The van der Waals surface area contributed by atoms with E-state index >= 15 is 0 Å². The molecule has 3 nitrogen and oxygen atoms in total. The predicted octanol–water partition coefficient (Wildman–Crippen LogP) is 4.41. The van der Waals surface area contributed by atoms with Gasteiger partial charge in [0, 0.05) is 43.8 Å². The molecule has 1 N–H and O–H groups in total. The van der Waals surface area contributed by atoms with Gasteiger partial charge in [-0.1, -0.05) is 36.8 Å². The Morgan fingerprint density at radius 2 is 1.55 bits per heavy atom. The van der Waals surface area contributed by atoms with E-state index < -0.39 is 5.60 Å². The first-order valence-electron chi connectivity index (χ1n) is 11.2. The highest BCUT2D eigenvalue weighted by Crippen LogP contribution is 2.54. The van der Waals surface area contributed by atoms with Crippen molar-refractivity contribution in [3.05, 3.63) is 66.0 Å². The van der Waals surface area contributed by atoms with Crippen molar-refractivity contribution >= 4 is 5.69 Å². The Morgan fingerprint density at radius 3 is 2.28 bits per heavy atom. The highest BCUT2D eigenvalue weighted by molar-refractivity contribution is 5.46. The van der Waals surface area contributed by atoms with Crippen molar-refractivity contribution in [2.75, 3.05) is 31.1 Å². The quantitative estimate of drug-likeness (QED) is 0.835. The molecule has 0 radical (unpaired) electrons. The number of halogens is 1. The fraction of sp³-hybridized carbons (Fsp3) is 0.520. The summed E-state index contributed by atoms with van der Waals surface area (Å²) >= 11 is 0. The number of benzene rings is 2. The van der Waals surface area contributed by atoms with Gasteiger partial charge in [-0.25, -0.2) is 4.39 Å². The van der Waals surface area contributed by atoms with E-state index in [1.54, 1.807) is 12.1 Å². The molecule has 4 unspecified atom stereocenters. The van der Waals surface area contributed by atoms with Crippen LogP contribution in [0.5, 0.6) is 0 Å². The summed E-state index contributed by atoms with van der Waals surface area (Å²) in [5.74, 6) is 0.525. The van der Waals surface area contributed by atoms with Crippen LogP contribution in [0, 0.1) is 17.7 Å².